The highest BCUT2D eigenvalue weighted by atomic mass is 35.5. The van der Waals surface area contributed by atoms with Gasteiger partial charge >= 0.3 is 17.8 Å². The summed E-state index contributed by atoms with van der Waals surface area (Å²) < 4.78 is 20.9. The minimum atomic E-state index is -1.10. The summed E-state index contributed by atoms with van der Waals surface area (Å²) >= 11 is 7.25. The van der Waals surface area contributed by atoms with Gasteiger partial charge in [0.2, 0.25) is 17.4 Å². The normalized spacial score (nSPS) is 15.4. The third-order valence-corrected chi connectivity index (χ3v) is 6.73. The average Bonchev–Trinajstić information content (AvgIpc) is 3.18. The number of hydrogen-bond acceptors (Lipinski definition) is 9. The molecule has 2 N–H and O–H groups in total. The Hall–Kier alpha value is -3.44. The average molecular weight is 489 g/mol. The monoisotopic (exact) mass is 488 g/mol. The highest BCUT2D eigenvalue weighted by Gasteiger charge is 2.56. The first-order valence-electron chi connectivity index (χ1n) is 9.98. The fraction of sp³-hybridized carbons (Fsp3) is 0.286. The zero-order valence-electron chi connectivity index (χ0n) is 17.4. The number of rotatable bonds is 6. The molecule has 12 heteroatoms. The van der Waals surface area contributed by atoms with Crippen molar-refractivity contribution in [3.05, 3.63) is 46.4 Å². The molecule has 3 aromatic heterocycles. The van der Waals surface area contributed by atoms with Gasteiger partial charge in [0, 0.05) is 10.6 Å². The smallest absolute Gasteiger partial charge is 0.412 e. The van der Waals surface area contributed by atoms with Crippen molar-refractivity contribution in [1.82, 2.24) is 14.3 Å². The highest BCUT2D eigenvalue weighted by Crippen LogP contribution is 2.49. The molecule has 1 saturated carbocycles. The number of carbonyl (C=O) groups excluding carboxylic acids is 1. The largest absolute Gasteiger partial charge is 0.480 e. The van der Waals surface area contributed by atoms with Crippen LogP contribution in [0.1, 0.15) is 43.0 Å². The van der Waals surface area contributed by atoms with Crippen LogP contribution in [0.15, 0.2) is 33.1 Å². The fourth-order valence-corrected chi connectivity index (χ4v) is 4.48. The molecule has 1 aromatic carbocycles. The van der Waals surface area contributed by atoms with Crippen molar-refractivity contribution in [2.45, 2.75) is 38.2 Å². The summed E-state index contributed by atoms with van der Waals surface area (Å²) in [6, 6.07) is 7.10. The Balaban J connectivity index is 1.36. The molecule has 0 spiro atoms. The molecule has 4 aromatic rings. The van der Waals surface area contributed by atoms with E-state index >= 15 is 0 Å². The van der Waals surface area contributed by atoms with Gasteiger partial charge in [0.25, 0.3) is 0 Å². The van der Waals surface area contributed by atoms with Crippen LogP contribution >= 0.6 is 23.1 Å². The summed E-state index contributed by atoms with van der Waals surface area (Å²) in [4.78, 5) is 33.0. The number of carboxylic acids is 1. The van der Waals surface area contributed by atoms with Gasteiger partial charge in [-0.05, 0) is 44.3 Å². The van der Waals surface area contributed by atoms with Crippen molar-refractivity contribution < 1.29 is 28.3 Å². The van der Waals surface area contributed by atoms with Crippen LogP contribution in [0.3, 0.4) is 0 Å². The van der Waals surface area contributed by atoms with Crippen LogP contribution in [0, 0.1) is 6.92 Å². The lowest BCUT2D eigenvalue weighted by atomic mass is 10.1. The predicted molar refractivity (Wildman–Crippen MR) is 118 cm³/mol. The predicted octanol–water partition coefficient (Wildman–Crippen LogP) is 5.33. The zero-order chi connectivity index (χ0) is 23.3. The number of aromatic nitrogens is 3. The number of nitrogens with one attached hydrogen (secondary N) is 1. The number of carbonyl (C=O) groups is 2. The molecule has 1 atom stereocenters. The molecule has 3 heterocycles. The number of ether oxygens (including phenoxy) is 1. The maximum atomic E-state index is 12.6. The number of amides is 1. The second-order valence-corrected chi connectivity index (χ2v) is 8.88. The standard InChI is InChI=1S/C21H17ClN4O6S/c1-9-13(23-20(29)30-10(2)11-5-3-4-6-12(11)22)14(33-26-9)16-24-15-17(31-16)32-18(25-15)21(7-8-21)19(27)28/h3-6,10H,7-8H2,1-2H3,(H,23,29)(H,27,28). The van der Waals surface area contributed by atoms with Crippen molar-refractivity contribution >= 4 is 52.3 Å². The van der Waals surface area contributed by atoms with Crippen LogP contribution in [0.2, 0.25) is 5.02 Å². The van der Waals surface area contributed by atoms with E-state index in [0.717, 1.165) is 11.5 Å². The maximum Gasteiger partial charge on any atom is 0.412 e. The van der Waals surface area contributed by atoms with Crippen molar-refractivity contribution in [3.8, 4) is 10.8 Å². The third-order valence-electron chi connectivity index (χ3n) is 5.46. The minimum absolute atomic E-state index is 0.0134. The SMILES string of the molecule is Cc1nsc(-c2nc3nc(C4(C(=O)O)CC4)oc3o2)c1NC(=O)OC(C)c1ccccc1Cl. The first kappa shape index (κ1) is 21.4. The molecule has 1 aliphatic rings. The number of halogens is 1. The number of anilines is 1. The van der Waals surface area contributed by atoms with Gasteiger partial charge in [-0.1, -0.05) is 29.8 Å². The minimum Gasteiger partial charge on any atom is -0.480 e. The van der Waals surface area contributed by atoms with E-state index < -0.39 is 23.6 Å². The van der Waals surface area contributed by atoms with Crippen LogP contribution in [0.4, 0.5) is 10.5 Å². The fourth-order valence-electron chi connectivity index (χ4n) is 3.41. The van der Waals surface area contributed by atoms with Gasteiger partial charge in [0.05, 0.1) is 11.4 Å². The van der Waals surface area contributed by atoms with Crippen molar-refractivity contribution in [2.75, 3.05) is 5.32 Å². The van der Waals surface area contributed by atoms with Crippen molar-refractivity contribution in [2.24, 2.45) is 0 Å². The van der Waals surface area contributed by atoms with E-state index in [9.17, 15) is 14.7 Å². The molecule has 0 aliphatic heterocycles. The summed E-state index contributed by atoms with van der Waals surface area (Å²) in [5.74, 6) is -0.748. The Morgan fingerprint density at radius 3 is 2.70 bits per heavy atom. The summed E-state index contributed by atoms with van der Waals surface area (Å²) in [6.45, 7) is 3.44. The summed E-state index contributed by atoms with van der Waals surface area (Å²) in [7, 11) is 0. The molecule has 10 nitrogen and oxygen atoms in total. The second-order valence-electron chi connectivity index (χ2n) is 7.70. The molecule has 1 amide bonds. The summed E-state index contributed by atoms with van der Waals surface area (Å²) in [5.41, 5.74) is 0.659. The Bertz CT molecular complexity index is 1360. The number of hydrogen-bond donors (Lipinski definition) is 2. The van der Waals surface area contributed by atoms with Gasteiger partial charge in [-0.25, -0.2) is 4.79 Å². The van der Waals surface area contributed by atoms with E-state index in [-0.39, 0.29) is 23.2 Å². The molecule has 0 bridgehead atoms. The molecule has 33 heavy (non-hydrogen) atoms. The molecule has 5 rings (SSSR count). The Morgan fingerprint density at radius 2 is 2.03 bits per heavy atom. The van der Waals surface area contributed by atoms with Crippen LogP contribution in [0.25, 0.3) is 22.2 Å². The molecule has 1 aliphatic carbocycles. The first-order valence-corrected chi connectivity index (χ1v) is 11.1. The number of nitrogens with zero attached hydrogens (tertiary/aromatic N) is 3. The number of oxazole rings is 2. The molecular formula is C21H17ClN4O6S. The highest BCUT2D eigenvalue weighted by molar-refractivity contribution is 7.10. The lowest BCUT2D eigenvalue weighted by Crippen LogP contribution is -2.19. The lowest BCUT2D eigenvalue weighted by Gasteiger charge is -2.15. The van der Waals surface area contributed by atoms with Gasteiger partial charge in [-0.3, -0.25) is 10.1 Å². The molecule has 170 valence electrons. The Kier molecular flexibility index (Phi) is 5.09. The van der Waals surface area contributed by atoms with Crippen LogP contribution < -0.4 is 5.32 Å². The number of aryl methyl sites for hydroxylation is 1. The van der Waals surface area contributed by atoms with E-state index in [0.29, 0.717) is 39.7 Å². The third kappa shape index (κ3) is 3.72. The number of aliphatic carboxylic acids is 1. The quantitative estimate of drug-likeness (QED) is 0.368. The Labute approximate surface area is 195 Å². The van der Waals surface area contributed by atoms with Crippen LogP contribution in [-0.2, 0) is 14.9 Å². The van der Waals surface area contributed by atoms with Gasteiger partial charge in [0.15, 0.2) is 0 Å². The van der Waals surface area contributed by atoms with Gasteiger partial charge in [-0.15, -0.1) is 0 Å². The van der Waals surface area contributed by atoms with E-state index in [1.54, 1.807) is 32.0 Å². The van der Waals surface area contributed by atoms with Crippen LogP contribution in [0.5, 0.6) is 0 Å². The summed E-state index contributed by atoms with van der Waals surface area (Å²) in [6.07, 6.45) is -0.367. The van der Waals surface area contributed by atoms with Gasteiger partial charge in [-0.2, -0.15) is 14.3 Å². The molecule has 1 fully saturated rings. The van der Waals surface area contributed by atoms with Crippen molar-refractivity contribution in [1.29, 1.82) is 0 Å². The molecule has 0 radical (unpaired) electrons. The van der Waals surface area contributed by atoms with Crippen LogP contribution in [-0.4, -0.2) is 31.5 Å². The number of fused-ring (bicyclic) bond motifs is 1. The van der Waals surface area contributed by atoms with Gasteiger partial charge < -0.3 is 18.7 Å². The van der Waals surface area contributed by atoms with E-state index in [1.165, 1.54) is 0 Å². The van der Waals surface area contributed by atoms with E-state index in [1.807, 2.05) is 6.07 Å². The second kappa shape index (κ2) is 7.85. The topological polar surface area (TPSA) is 141 Å². The zero-order valence-corrected chi connectivity index (χ0v) is 19.0. The number of carboxylic acid groups (broad SMARTS) is 1. The first-order chi connectivity index (χ1) is 15.8. The maximum absolute atomic E-state index is 12.6. The lowest BCUT2D eigenvalue weighted by molar-refractivity contribution is -0.140. The number of benzene rings is 1. The molecular weight excluding hydrogens is 472 g/mol. The summed E-state index contributed by atoms with van der Waals surface area (Å²) in [5, 5.41) is 12.6. The molecule has 1 unspecified atom stereocenters. The molecule has 0 saturated heterocycles. The van der Waals surface area contributed by atoms with E-state index in [4.69, 9.17) is 25.2 Å². The van der Waals surface area contributed by atoms with Crippen molar-refractivity contribution in [3.63, 3.8) is 0 Å². The van der Waals surface area contributed by atoms with E-state index in [2.05, 4.69) is 19.7 Å². The Morgan fingerprint density at radius 1 is 1.27 bits per heavy atom. The van der Waals surface area contributed by atoms with Gasteiger partial charge in [0.1, 0.15) is 16.4 Å².